The summed E-state index contributed by atoms with van der Waals surface area (Å²) in [7, 11) is 0. The lowest BCUT2D eigenvalue weighted by Gasteiger charge is -2.17. The summed E-state index contributed by atoms with van der Waals surface area (Å²) in [6.45, 7) is 4.17. The lowest BCUT2D eigenvalue weighted by Crippen LogP contribution is -2.40. The molecule has 0 fully saturated rings. The lowest BCUT2D eigenvalue weighted by molar-refractivity contribution is 0.0696. The minimum absolute atomic E-state index is 0.109. The molecule has 0 unspecified atom stereocenters. The molecule has 2 heterocycles. The summed E-state index contributed by atoms with van der Waals surface area (Å²) in [4.78, 5) is 41.7. The molecule has 0 spiro atoms. The summed E-state index contributed by atoms with van der Waals surface area (Å²) in [6.07, 6.45) is 0.639. The number of hydrogen-bond acceptors (Lipinski definition) is 6. The van der Waals surface area contributed by atoms with Crippen molar-refractivity contribution in [1.82, 2.24) is 14.1 Å². The summed E-state index contributed by atoms with van der Waals surface area (Å²) < 4.78 is 8.52. The van der Waals surface area contributed by atoms with E-state index in [0.29, 0.717) is 46.8 Å². The van der Waals surface area contributed by atoms with E-state index in [1.807, 2.05) is 19.1 Å². The number of carbonyl (C=O) groups is 1. The van der Waals surface area contributed by atoms with Gasteiger partial charge in [0.05, 0.1) is 17.8 Å². The predicted molar refractivity (Wildman–Crippen MR) is 142 cm³/mol. The van der Waals surface area contributed by atoms with Crippen molar-refractivity contribution in [1.29, 1.82) is 0 Å². The number of benzene rings is 2. The van der Waals surface area contributed by atoms with Gasteiger partial charge in [-0.25, -0.2) is 14.6 Å². The van der Waals surface area contributed by atoms with Crippen LogP contribution in [-0.4, -0.2) is 25.2 Å². The van der Waals surface area contributed by atoms with Crippen molar-refractivity contribution in [2.45, 2.75) is 33.4 Å². The number of aromatic carboxylic acids is 1. The standard InChI is InChI=1S/C27H25ClN4O5/c1-3-13-31-25(33)15-24(32(27(31)36)16-18-7-9-20(28)10-8-18)30-23-12-11-22(17(2)29-23)37-21-6-4-5-19(14-21)26(34)35/h4-12,14-15H,3,13,16H2,1-2H3,(H,29,30)(H,34,35). The molecular formula is C27H25ClN4O5. The monoisotopic (exact) mass is 520 g/mol. The number of aryl methyl sites for hydroxylation is 1. The second-order valence-electron chi connectivity index (χ2n) is 8.35. The number of nitrogens with one attached hydrogen (secondary N) is 1. The average molecular weight is 521 g/mol. The van der Waals surface area contributed by atoms with Crippen LogP contribution in [-0.2, 0) is 13.1 Å². The van der Waals surface area contributed by atoms with Crippen LogP contribution in [0.1, 0.15) is 35.0 Å². The molecule has 37 heavy (non-hydrogen) atoms. The van der Waals surface area contributed by atoms with Crippen LogP contribution in [0.2, 0.25) is 5.02 Å². The number of halogens is 1. The highest BCUT2D eigenvalue weighted by Gasteiger charge is 2.14. The van der Waals surface area contributed by atoms with Gasteiger partial charge < -0.3 is 15.2 Å². The van der Waals surface area contributed by atoms with Crippen LogP contribution in [0.3, 0.4) is 0 Å². The second-order valence-corrected chi connectivity index (χ2v) is 8.79. The van der Waals surface area contributed by atoms with Crippen molar-refractivity contribution < 1.29 is 14.6 Å². The number of nitrogens with zero attached hydrogens (tertiary/aromatic N) is 3. The first-order chi connectivity index (χ1) is 17.7. The lowest BCUT2D eigenvalue weighted by atomic mass is 10.2. The number of pyridine rings is 1. The van der Waals surface area contributed by atoms with Gasteiger partial charge in [0.15, 0.2) is 0 Å². The van der Waals surface area contributed by atoms with E-state index in [0.717, 1.165) is 5.56 Å². The van der Waals surface area contributed by atoms with E-state index in [1.165, 1.54) is 27.3 Å². The van der Waals surface area contributed by atoms with Gasteiger partial charge in [0, 0.05) is 17.6 Å². The zero-order valence-electron chi connectivity index (χ0n) is 20.3. The summed E-state index contributed by atoms with van der Waals surface area (Å²) in [5.41, 5.74) is 0.640. The van der Waals surface area contributed by atoms with Gasteiger partial charge in [0.1, 0.15) is 23.1 Å². The molecule has 0 saturated heterocycles. The van der Waals surface area contributed by atoms with Crippen molar-refractivity contribution in [3.63, 3.8) is 0 Å². The Kier molecular flexibility index (Phi) is 7.74. The fraction of sp³-hybridized carbons (Fsp3) is 0.185. The topological polar surface area (TPSA) is 115 Å². The molecular weight excluding hydrogens is 496 g/mol. The zero-order chi connectivity index (χ0) is 26.5. The molecule has 0 aliphatic carbocycles. The molecule has 0 bridgehead atoms. The molecule has 2 aromatic heterocycles. The summed E-state index contributed by atoms with van der Waals surface area (Å²) in [5.74, 6) is 0.449. The van der Waals surface area contributed by atoms with E-state index < -0.39 is 17.2 Å². The number of anilines is 2. The molecule has 0 aliphatic heterocycles. The van der Waals surface area contributed by atoms with Gasteiger partial charge in [0.2, 0.25) is 0 Å². The number of rotatable bonds is 9. The van der Waals surface area contributed by atoms with Crippen LogP contribution < -0.4 is 21.3 Å². The van der Waals surface area contributed by atoms with E-state index >= 15 is 0 Å². The maximum Gasteiger partial charge on any atom is 0.335 e. The molecule has 0 aliphatic rings. The average Bonchev–Trinajstić information content (AvgIpc) is 2.87. The summed E-state index contributed by atoms with van der Waals surface area (Å²) in [5, 5.41) is 12.9. The Morgan fingerprint density at radius 1 is 1.05 bits per heavy atom. The van der Waals surface area contributed by atoms with E-state index in [-0.39, 0.29) is 12.1 Å². The Bertz CT molecular complexity index is 1560. The van der Waals surface area contributed by atoms with Gasteiger partial charge in [-0.3, -0.25) is 13.9 Å². The van der Waals surface area contributed by atoms with E-state index in [1.54, 1.807) is 43.3 Å². The van der Waals surface area contributed by atoms with Crippen molar-refractivity contribution >= 4 is 29.2 Å². The van der Waals surface area contributed by atoms with E-state index in [4.69, 9.17) is 16.3 Å². The third-order valence-electron chi connectivity index (χ3n) is 5.58. The number of hydrogen-bond donors (Lipinski definition) is 2. The quantitative estimate of drug-likeness (QED) is 0.317. The molecule has 9 nitrogen and oxygen atoms in total. The highest BCUT2D eigenvalue weighted by Crippen LogP contribution is 2.27. The number of aromatic nitrogens is 3. The molecule has 2 aromatic carbocycles. The number of ether oxygens (including phenoxy) is 1. The minimum Gasteiger partial charge on any atom is -0.478 e. The number of carboxylic acid groups (broad SMARTS) is 1. The molecule has 0 amide bonds. The zero-order valence-corrected chi connectivity index (χ0v) is 21.0. The van der Waals surface area contributed by atoms with Crippen LogP contribution in [0, 0.1) is 6.92 Å². The fourth-order valence-electron chi connectivity index (χ4n) is 3.75. The van der Waals surface area contributed by atoms with Crippen molar-refractivity contribution in [2.75, 3.05) is 5.32 Å². The first-order valence-corrected chi connectivity index (χ1v) is 12.0. The first kappa shape index (κ1) is 25.7. The Morgan fingerprint density at radius 3 is 2.49 bits per heavy atom. The van der Waals surface area contributed by atoms with Gasteiger partial charge in [-0.15, -0.1) is 0 Å². The molecule has 4 aromatic rings. The van der Waals surface area contributed by atoms with Crippen molar-refractivity contribution in [3.8, 4) is 11.5 Å². The van der Waals surface area contributed by atoms with Gasteiger partial charge >= 0.3 is 11.7 Å². The SMILES string of the molecule is CCCn1c(=O)cc(Nc2ccc(Oc3cccc(C(=O)O)c3)c(C)n2)n(Cc2ccc(Cl)cc2)c1=O. The second kappa shape index (κ2) is 11.1. The molecule has 190 valence electrons. The van der Waals surface area contributed by atoms with Gasteiger partial charge in [-0.1, -0.05) is 36.7 Å². The van der Waals surface area contributed by atoms with Gasteiger partial charge in [-0.05, 0) is 61.4 Å². The highest BCUT2D eigenvalue weighted by atomic mass is 35.5. The third-order valence-corrected chi connectivity index (χ3v) is 5.83. The largest absolute Gasteiger partial charge is 0.478 e. The van der Waals surface area contributed by atoms with Crippen LogP contribution in [0.15, 0.2) is 76.3 Å². The van der Waals surface area contributed by atoms with E-state index in [2.05, 4.69) is 10.3 Å². The van der Waals surface area contributed by atoms with E-state index in [9.17, 15) is 19.5 Å². The maximum absolute atomic E-state index is 13.2. The Balaban J connectivity index is 1.65. The van der Waals surface area contributed by atoms with Crippen molar-refractivity contribution in [2.24, 2.45) is 0 Å². The Morgan fingerprint density at radius 2 is 1.81 bits per heavy atom. The van der Waals surface area contributed by atoms with Gasteiger partial charge in [0.25, 0.3) is 5.56 Å². The molecule has 0 radical (unpaired) electrons. The predicted octanol–water partition coefficient (Wildman–Crippen LogP) is 5.06. The number of carboxylic acids is 1. The Labute approximate surface area is 217 Å². The molecule has 2 N–H and O–H groups in total. The molecule has 0 atom stereocenters. The van der Waals surface area contributed by atoms with Crippen LogP contribution >= 0.6 is 11.6 Å². The first-order valence-electron chi connectivity index (χ1n) is 11.6. The van der Waals surface area contributed by atoms with Crippen LogP contribution in [0.5, 0.6) is 11.5 Å². The maximum atomic E-state index is 13.2. The minimum atomic E-state index is -1.05. The van der Waals surface area contributed by atoms with Gasteiger partial charge in [-0.2, -0.15) is 0 Å². The van der Waals surface area contributed by atoms with Crippen molar-refractivity contribution in [3.05, 3.63) is 109 Å². The summed E-state index contributed by atoms with van der Waals surface area (Å²) >= 11 is 6.00. The van der Waals surface area contributed by atoms with Crippen LogP contribution in [0.25, 0.3) is 0 Å². The molecule has 4 rings (SSSR count). The smallest absolute Gasteiger partial charge is 0.335 e. The highest BCUT2D eigenvalue weighted by molar-refractivity contribution is 6.30. The normalized spacial score (nSPS) is 10.8. The fourth-order valence-corrected chi connectivity index (χ4v) is 3.88. The summed E-state index contributed by atoms with van der Waals surface area (Å²) in [6, 6.07) is 18.0. The van der Waals surface area contributed by atoms with Crippen LogP contribution in [0.4, 0.5) is 11.6 Å². The Hall–Kier alpha value is -4.37. The molecule has 0 saturated carbocycles. The molecule has 10 heteroatoms. The third kappa shape index (κ3) is 6.07.